The van der Waals surface area contributed by atoms with Crippen LogP contribution in [-0.2, 0) is 4.79 Å². The van der Waals surface area contributed by atoms with Crippen molar-refractivity contribution in [3.8, 4) is 0 Å². The summed E-state index contributed by atoms with van der Waals surface area (Å²) in [6.45, 7) is 10.3. The lowest BCUT2D eigenvalue weighted by Crippen LogP contribution is -2.39. The summed E-state index contributed by atoms with van der Waals surface area (Å²) in [4.78, 5) is 16.4. The van der Waals surface area contributed by atoms with E-state index >= 15 is 0 Å². The molecular weight excluding hydrogens is 226 g/mol. The lowest BCUT2D eigenvalue weighted by atomic mass is 9.87. The van der Waals surface area contributed by atoms with Crippen molar-refractivity contribution in [2.24, 2.45) is 11.1 Å². The van der Waals surface area contributed by atoms with Crippen LogP contribution in [0.25, 0.3) is 0 Å². The zero-order valence-electron chi connectivity index (χ0n) is 12.4. The molecule has 106 valence electrons. The molecule has 18 heavy (non-hydrogen) atoms. The highest BCUT2D eigenvalue weighted by atomic mass is 16.2. The Morgan fingerprint density at radius 2 is 1.89 bits per heavy atom. The number of amides is 1. The first-order chi connectivity index (χ1) is 8.28. The van der Waals surface area contributed by atoms with E-state index in [-0.39, 0.29) is 17.4 Å². The molecule has 1 saturated heterocycles. The van der Waals surface area contributed by atoms with Crippen LogP contribution in [0.2, 0.25) is 0 Å². The number of carbonyl (C=O) groups excluding carboxylic acids is 1. The third-order valence-corrected chi connectivity index (χ3v) is 3.38. The second kappa shape index (κ2) is 6.53. The summed E-state index contributed by atoms with van der Waals surface area (Å²) in [5.41, 5.74) is 6.27. The lowest BCUT2D eigenvalue weighted by Gasteiger charge is -2.26. The van der Waals surface area contributed by atoms with E-state index in [0.29, 0.717) is 6.42 Å². The van der Waals surface area contributed by atoms with Gasteiger partial charge in [0.25, 0.3) is 0 Å². The predicted molar refractivity (Wildman–Crippen MR) is 75.4 cm³/mol. The average Bonchev–Trinajstić information content (AvgIpc) is 2.39. The minimum Gasteiger partial charge on any atom is -0.341 e. The Bertz CT molecular complexity index is 273. The first-order valence-electron chi connectivity index (χ1n) is 7.00. The van der Waals surface area contributed by atoms with Crippen molar-refractivity contribution < 1.29 is 4.79 Å². The smallest absolute Gasteiger partial charge is 0.224 e. The molecule has 1 heterocycles. The molecule has 1 aliphatic heterocycles. The molecule has 0 aromatic rings. The SMILES string of the molecule is CN1CCCN(C(=O)CC(N)CC(C)(C)C)CC1. The highest BCUT2D eigenvalue weighted by Crippen LogP contribution is 2.21. The molecule has 4 heteroatoms. The molecule has 4 nitrogen and oxygen atoms in total. The third kappa shape index (κ3) is 5.83. The molecule has 0 radical (unpaired) electrons. The fourth-order valence-corrected chi connectivity index (χ4v) is 2.51. The standard InChI is InChI=1S/C14H29N3O/c1-14(2,3)11-12(15)10-13(18)17-7-5-6-16(4)8-9-17/h12H,5-11,15H2,1-4H3. The monoisotopic (exact) mass is 255 g/mol. The molecule has 0 bridgehead atoms. The van der Waals surface area contributed by atoms with Crippen LogP contribution in [-0.4, -0.2) is 55.0 Å². The fraction of sp³-hybridized carbons (Fsp3) is 0.929. The van der Waals surface area contributed by atoms with Crippen molar-refractivity contribution in [1.82, 2.24) is 9.80 Å². The lowest BCUT2D eigenvalue weighted by molar-refractivity contribution is -0.131. The quantitative estimate of drug-likeness (QED) is 0.827. The normalized spacial score (nSPS) is 20.6. The van der Waals surface area contributed by atoms with Gasteiger partial charge in [0.05, 0.1) is 0 Å². The third-order valence-electron chi connectivity index (χ3n) is 3.38. The maximum absolute atomic E-state index is 12.2. The number of nitrogens with zero attached hydrogens (tertiary/aromatic N) is 2. The van der Waals surface area contributed by atoms with Crippen LogP contribution in [0.15, 0.2) is 0 Å². The van der Waals surface area contributed by atoms with E-state index in [1.165, 1.54) is 0 Å². The van der Waals surface area contributed by atoms with Crippen molar-refractivity contribution in [2.75, 3.05) is 33.2 Å². The molecule has 1 unspecified atom stereocenters. The molecule has 0 aliphatic carbocycles. The molecule has 0 saturated carbocycles. The van der Waals surface area contributed by atoms with E-state index in [4.69, 9.17) is 5.73 Å². The van der Waals surface area contributed by atoms with Crippen molar-refractivity contribution in [3.63, 3.8) is 0 Å². The first kappa shape index (κ1) is 15.4. The number of likely N-dealkylation sites (N-methyl/N-ethyl adjacent to an activating group) is 1. The van der Waals surface area contributed by atoms with E-state index in [1.54, 1.807) is 0 Å². The molecule has 1 atom stereocenters. The number of nitrogens with two attached hydrogens (primary N) is 1. The molecule has 1 fully saturated rings. The fourth-order valence-electron chi connectivity index (χ4n) is 2.51. The number of hydrogen-bond donors (Lipinski definition) is 1. The van der Waals surface area contributed by atoms with Gasteiger partial charge in [0.2, 0.25) is 5.91 Å². The van der Waals surface area contributed by atoms with Crippen molar-refractivity contribution >= 4 is 5.91 Å². The Hall–Kier alpha value is -0.610. The summed E-state index contributed by atoms with van der Waals surface area (Å²) in [6, 6.07) is -0.0153. The van der Waals surface area contributed by atoms with Gasteiger partial charge in [-0.2, -0.15) is 0 Å². The zero-order valence-corrected chi connectivity index (χ0v) is 12.4. The van der Waals surface area contributed by atoms with Gasteiger partial charge in [-0.3, -0.25) is 4.79 Å². The Kier molecular flexibility index (Phi) is 5.60. The van der Waals surface area contributed by atoms with E-state index in [1.807, 2.05) is 4.90 Å². The van der Waals surface area contributed by atoms with E-state index in [9.17, 15) is 4.79 Å². The van der Waals surface area contributed by atoms with Crippen LogP contribution in [0.5, 0.6) is 0 Å². The topological polar surface area (TPSA) is 49.6 Å². The van der Waals surface area contributed by atoms with Gasteiger partial charge in [-0.05, 0) is 31.8 Å². The van der Waals surface area contributed by atoms with Gasteiger partial charge in [0, 0.05) is 32.1 Å². The van der Waals surface area contributed by atoms with Gasteiger partial charge < -0.3 is 15.5 Å². The summed E-state index contributed by atoms with van der Waals surface area (Å²) in [5.74, 6) is 0.224. The van der Waals surface area contributed by atoms with E-state index < -0.39 is 0 Å². The summed E-state index contributed by atoms with van der Waals surface area (Å²) in [6.07, 6.45) is 2.45. The van der Waals surface area contributed by atoms with Crippen LogP contribution in [0.3, 0.4) is 0 Å². The molecular formula is C14H29N3O. The minimum absolute atomic E-state index is 0.0153. The molecule has 2 N–H and O–H groups in total. The second-order valence-corrected chi connectivity index (χ2v) is 6.77. The summed E-state index contributed by atoms with van der Waals surface area (Å²) in [7, 11) is 2.11. The largest absolute Gasteiger partial charge is 0.341 e. The van der Waals surface area contributed by atoms with Gasteiger partial charge in [-0.25, -0.2) is 0 Å². The van der Waals surface area contributed by atoms with Crippen LogP contribution >= 0.6 is 0 Å². The zero-order chi connectivity index (χ0) is 13.8. The van der Waals surface area contributed by atoms with Crippen LogP contribution in [0.4, 0.5) is 0 Å². The minimum atomic E-state index is -0.0153. The van der Waals surface area contributed by atoms with Gasteiger partial charge in [0.1, 0.15) is 0 Å². The molecule has 0 aromatic carbocycles. The summed E-state index contributed by atoms with van der Waals surface area (Å²) >= 11 is 0. The Labute approximate surface area is 111 Å². The van der Waals surface area contributed by atoms with Crippen molar-refractivity contribution in [3.05, 3.63) is 0 Å². The Morgan fingerprint density at radius 3 is 2.50 bits per heavy atom. The number of rotatable bonds is 3. The Balaban J connectivity index is 2.39. The van der Waals surface area contributed by atoms with Crippen molar-refractivity contribution in [2.45, 2.75) is 46.1 Å². The maximum atomic E-state index is 12.2. The van der Waals surface area contributed by atoms with Gasteiger partial charge in [-0.15, -0.1) is 0 Å². The van der Waals surface area contributed by atoms with Gasteiger partial charge in [0.15, 0.2) is 0 Å². The Morgan fingerprint density at radius 1 is 1.22 bits per heavy atom. The molecule has 1 aliphatic rings. The maximum Gasteiger partial charge on any atom is 0.224 e. The molecule has 1 rings (SSSR count). The summed E-state index contributed by atoms with van der Waals surface area (Å²) < 4.78 is 0. The van der Waals surface area contributed by atoms with Crippen LogP contribution < -0.4 is 5.73 Å². The first-order valence-corrected chi connectivity index (χ1v) is 7.00. The van der Waals surface area contributed by atoms with Gasteiger partial charge in [-0.1, -0.05) is 20.8 Å². The van der Waals surface area contributed by atoms with E-state index in [2.05, 4.69) is 32.7 Å². The molecule has 0 spiro atoms. The molecule has 0 aromatic heterocycles. The highest BCUT2D eigenvalue weighted by Gasteiger charge is 2.22. The summed E-state index contributed by atoms with van der Waals surface area (Å²) in [5, 5.41) is 0. The highest BCUT2D eigenvalue weighted by molar-refractivity contribution is 5.76. The van der Waals surface area contributed by atoms with Gasteiger partial charge >= 0.3 is 0 Å². The van der Waals surface area contributed by atoms with Crippen LogP contribution in [0, 0.1) is 5.41 Å². The number of carbonyl (C=O) groups is 1. The van der Waals surface area contributed by atoms with Crippen molar-refractivity contribution in [1.29, 1.82) is 0 Å². The van der Waals surface area contributed by atoms with Crippen LogP contribution in [0.1, 0.15) is 40.0 Å². The molecule has 1 amide bonds. The second-order valence-electron chi connectivity index (χ2n) is 6.77. The predicted octanol–water partition coefficient (Wildman–Crippen LogP) is 1.30. The average molecular weight is 255 g/mol. The number of hydrogen-bond acceptors (Lipinski definition) is 3. The van der Waals surface area contributed by atoms with E-state index in [0.717, 1.165) is 39.0 Å².